The highest BCUT2D eigenvalue weighted by Gasteiger charge is 2.24. The van der Waals surface area contributed by atoms with E-state index >= 15 is 0 Å². The van der Waals surface area contributed by atoms with Gasteiger partial charge < -0.3 is 4.42 Å². The second-order valence-corrected chi connectivity index (χ2v) is 8.53. The summed E-state index contributed by atoms with van der Waals surface area (Å²) in [6, 6.07) is 16.9. The Morgan fingerprint density at radius 2 is 1.69 bits per heavy atom. The first-order valence-corrected chi connectivity index (χ1v) is 10.6. The molecule has 160 valence electrons. The van der Waals surface area contributed by atoms with E-state index in [0.717, 1.165) is 27.9 Å². The number of hydrogen-bond donors (Lipinski definition) is 0. The molecule has 0 atom stereocenters. The Morgan fingerprint density at radius 3 is 2.41 bits per heavy atom. The largest absolute Gasteiger partial charge is 0.437 e. The monoisotopic (exact) mass is 429 g/mol. The topological polar surface area (TPSA) is 29.9 Å². The lowest BCUT2D eigenvalue weighted by Gasteiger charge is -2.10. The van der Waals surface area contributed by atoms with Crippen LogP contribution in [0.5, 0.6) is 0 Å². The van der Waals surface area contributed by atoms with Crippen molar-refractivity contribution in [3.05, 3.63) is 83.7 Å². The van der Waals surface area contributed by atoms with Gasteiger partial charge in [0.05, 0.1) is 16.3 Å². The molecule has 0 saturated heterocycles. The normalized spacial score (nSPS) is 11.7. The molecule has 0 spiro atoms. The number of nitrogens with zero attached hydrogens (tertiary/aromatic N) is 2. The maximum Gasteiger partial charge on any atom is 0.230 e. The zero-order chi connectivity index (χ0) is 22.6. The molecule has 0 aliphatic rings. The van der Waals surface area contributed by atoms with Crippen LogP contribution >= 0.6 is 0 Å². The van der Waals surface area contributed by atoms with Crippen molar-refractivity contribution in [3.8, 4) is 22.4 Å². The molecule has 3 heterocycles. The summed E-state index contributed by atoms with van der Waals surface area (Å²) >= 11 is 0. The highest BCUT2D eigenvalue weighted by molar-refractivity contribution is 6.09. The van der Waals surface area contributed by atoms with Gasteiger partial charge >= 0.3 is 0 Å². The third-order valence-corrected chi connectivity index (χ3v) is 6.04. The number of halogens is 2. The summed E-state index contributed by atoms with van der Waals surface area (Å²) in [7, 11) is 1.94. The molecule has 0 fully saturated rings. The molecule has 5 aromatic rings. The molecule has 3 aromatic heterocycles. The van der Waals surface area contributed by atoms with Crippen molar-refractivity contribution in [1.82, 2.24) is 4.98 Å². The van der Waals surface area contributed by atoms with Gasteiger partial charge in [-0.05, 0) is 53.3 Å². The van der Waals surface area contributed by atoms with Crippen LogP contribution in [-0.4, -0.2) is 4.98 Å². The number of hydrogen-bond acceptors (Lipinski definition) is 2. The first kappa shape index (κ1) is 20.3. The van der Waals surface area contributed by atoms with Gasteiger partial charge in [-0.15, -0.1) is 0 Å². The van der Waals surface area contributed by atoms with E-state index in [-0.39, 0.29) is 5.71 Å². The SMILES string of the molecule is Cc1cc(F)c2c(oc3nc(F)ccc32)c1-c1cc(-c2ccc(C(C)C)cc2)cc[n+]1C. The van der Waals surface area contributed by atoms with Crippen LogP contribution in [0.25, 0.3) is 44.5 Å². The van der Waals surface area contributed by atoms with E-state index in [0.29, 0.717) is 22.3 Å². The van der Waals surface area contributed by atoms with E-state index in [2.05, 4.69) is 55.2 Å². The van der Waals surface area contributed by atoms with Crippen LogP contribution < -0.4 is 4.57 Å². The fourth-order valence-electron chi connectivity index (χ4n) is 4.26. The predicted octanol–water partition coefficient (Wildman–Crippen LogP) is 6.85. The molecule has 5 rings (SSSR count). The summed E-state index contributed by atoms with van der Waals surface area (Å²) in [6.45, 7) is 6.20. The Hall–Kier alpha value is -3.60. The Labute approximate surface area is 185 Å². The quantitative estimate of drug-likeness (QED) is 0.232. The van der Waals surface area contributed by atoms with Gasteiger partial charge in [0.25, 0.3) is 0 Å². The fourth-order valence-corrected chi connectivity index (χ4v) is 4.26. The molecule has 0 unspecified atom stereocenters. The van der Waals surface area contributed by atoms with Crippen LogP contribution in [0, 0.1) is 18.7 Å². The second-order valence-electron chi connectivity index (χ2n) is 8.53. The minimum Gasteiger partial charge on any atom is -0.437 e. The zero-order valence-electron chi connectivity index (χ0n) is 18.4. The summed E-state index contributed by atoms with van der Waals surface area (Å²) < 4.78 is 36.5. The van der Waals surface area contributed by atoms with Gasteiger partial charge in [-0.3, -0.25) is 0 Å². The summed E-state index contributed by atoms with van der Waals surface area (Å²) in [5, 5.41) is 0.781. The van der Waals surface area contributed by atoms with E-state index in [1.54, 1.807) is 0 Å². The Balaban J connectivity index is 1.75. The lowest BCUT2D eigenvalue weighted by atomic mass is 9.96. The molecule has 0 saturated carbocycles. The van der Waals surface area contributed by atoms with E-state index in [9.17, 15) is 8.78 Å². The highest BCUT2D eigenvalue weighted by Crippen LogP contribution is 2.38. The lowest BCUT2D eigenvalue weighted by molar-refractivity contribution is -0.660. The van der Waals surface area contributed by atoms with Crippen molar-refractivity contribution in [1.29, 1.82) is 0 Å². The Kier molecular flexibility index (Phi) is 4.77. The minimum absolute atomic E-state index is 0.0915. The van der Waals surface area contributed by atoms with Crippen LogP contribution in [0.1, 0.15) is 30.9 Å². The van der Waals surface area contributed by atoms with E-state index < -0.39 is 11.8 Å². The fraction of sp³-hybridized carbons (Fsp3) is 0.185. The van der Waals surface area contributed by atoms with E-state index in [1.807, 2.05) is 24.7 Å². The third kappa shape index (κ3) is 3.25. The number of benzene rings is 2. The van der Waals surface area contributed by atoms with Crippen LogP contribution in [-0.2, 0) is 7.05 Å². The Morgan fingerprint density at radius 1 is 0.938 bits per heavy atom. The molecule has 5 heteroatoms. The number of fused-ring (bicyclic) bond motifs is 3. The smallest absolute Gasteiger partial charge is 0.230 e. The first-order chi connectivity index (χ1) is 15.3. The van der Waals surface area contributed by atoms with E-state index in [4.69, 9.17) is 4.42 Å². The maximum atomic E-state index is 15.0. The number of aryl methyl sites for hydroxylation is 2. The Bertz CT molecular complexity index is 1480. The molecule has 0 N–H and O–H groups in total. The van der Waals surface area contributed by atoms with Gasteiger partial charge in [0.1, 0.15) is 12.9 Å². The van der Waals surface area contributed by atoms with Gasteiger partial charge in [0.15, 0.2) is 11.8 Å². The third-order valence-electron chi connectivity index (χ3n) is 6.04. The first-order valence-electron chi connectivity index (χ1n) is 10.6. The van der Waals surface area contributed by atoms with Gasteiger partial charge in [-0.25, -0.2) is 8.96 Å². The number of aromatic nitrogens is 2. The van der Waals surface area contributed by atoms with Crippen LogP contribution in [0.3, 0.4) is 0 Å². The van der Waals surface area contributed by atoms with Crippen molar-refractivity contribution in [2.45, 2.75) is 26.7 Å². The highest BCUT2D eigenvalue weighted by atomic mass is 19.1. The standard InChI is InChI=1S/C27H23F2N2O/c1-15(2)17-5-7-18(8-6-17)19-11-12-31(4)22(14-19)24-16(3)13-21(28)25-20-9-10-23(29)30-27(20)32-26(24)25/h5-15H,1-4H3/q+1. The molecule has 0 radical (unpaired) electrons. The second kappa shape index (κ2) is 7.52. The van der Waals surface area contributed by atoms with Crippen LogP contribution in [0.2, 0.25) is 0 Å². The van der Waals surface area contributed by atoms with Gasteiger partial charge in [0.2, 0.25) is 17.4 Å². The number of pyridine rings is 2. The number of furan rings is 1. The molecule has 2 aromatic carbocycles. The van der Waals surface area contributed by atoms with Gasteiger partial charge in [-0.2, -0.15) is 9.37 Å². The summed E-state index contributed by atoms with van der Waals surface area (Å²) in [4.78, 5) is 3.82. The van der Waals surface area contributed by atoms with Crippen LogP contribution in [0.4, 0.5) is 8.78 Å². The van der Waals surface area contributed by atoms with Crippen LogP contribution in [0.15, 0.2) is 65.2 Å². The van der Waals surface area contributed by atoms with Gasteiger partial charge in [-0.1, -0.05) is 38.1 Å². The molecule has 0 aliphatic carbocycles. The summed E-state index contributed by atoms with van der Waals surface area (Å²) in [6.07, 6.45) is 1.98. The van der Waals surface area contributed by atoms with Crippen molar-refractivity contribution < 1.29 is 17.8 Å². The molecular formula is C27H23F2N2O+. The lowest BCUT2D eigenvalue weighted by Crippen LogP contribution is -2.30. The molecule has 0 bridgehead atoms. The van der Waals surface area contributed by atoms with Crippen molar-refractivity contribution in [2.24, 2.45) is 7.05 Å². The number of rotatable bonds is 3. The average molecular weight is 429 g/mol. The predicted molar refractivity (Wildman–Crippen MR) is 122 cm³/mol. The molecule has 0 amide bonds. The molecular weight excluding hydrogens is 406 g/mol. The van der Waals surface area contributed by atoms with Crippen molar-refractivity contribution in [2.75, 3.05) is 0 Å². The maximum absolute atomic E-state index is 15.0. The summed E-state index contributed by atoms with van der Waals surface area (Å²) in [5.41, 5.74) is 6.27. The van der Waals surface area contributed by atoms with Gasteiger partial charge in [0, 0.05) is 12.1 Å². The zero-order valence-corrected chi connectivity index (χ0v) is 18.4. The van der Waals surface area contributed by atoms with Crippen molar-refractivity contribution >= 4 is 22.1 Å². The van der Waals surface area contributed by atoms with E-state index in [1.165, 1.54) is 23.8 Å². The molecule has 3 nitrogen and oxygen atoms in total. The molecule has 32 heavy (non-hydrogen) atoms. The molecule has 0 aliphatic heterocycles. The van der Waals surface area contributed by atoms with Crippen molar-refractivity contribution in [3.63, 3.8) is 0 Å². The summed E-state index contributed by atoms with van der Waals surface area (Å²) in [5.74, 6) is -0.598. The average Bonchev–Trinajstić information content (AvgIpc) is 3.13. The minimum atomic E-state index is -0.660.